The van der Waals surface area contributed by atoms with Crippen LogP contribution in [0.1, 0.15) is 19.3 Å². The molecular formula is C14H15ClN2O2. The van der Waals surface area contributed by atoms with E-state index in [0.717, 1.165) is 6.54 Å². The number of halogens is 1. The number of anilines is 1. The van der Waals surface area contributed by atoms with Crippen LogP contribution in [0.3, 0.4) is 0 Å². The molecule has 4 nitrogen and oxygen atoms in total. The largest absolute Gasteiger partial charge is 0.305 e. The van der Waals surface area contributed by atoms with Gasteiger partial charge in [-0.1, -0.05) is 11.6 Å². The molecular weight excluding hydrogens is 264 g/mol. The fourth-order valence-corrected chi connectivity index (χ4v) is 2.41. The van der Waals surface area contributed by atoms with Gasteiger partial charge in [-0.2, -0.15) is 0 Å². The number of benzene rings is 1. The SMILES string of the molecule is O=C1CC(NCC2CC2)C(=O)N1c1ccc(Cl)cc1. The van der Waals surface area contributed by atoms with Crippen molar-refractivity contribution in [1.82, 2.24) is 5.32 Å². The number of amides is 2. The van der Waals surface area contributed by atoms with E-state index in [9.17, 15) is 9.59 Å². The Balaban J connectivity index is 1.72. The maximum Gasteiger partial charge on any atom is 0.251 e. The zero-order chi connectivity index (χ0) is 13.4. The van der Waals surface area contributed by atoms with Gasteiger partial charge in [0, 0.05) is 5.02 Å². The molecule has 1 aliphatic heterocycles. The molecule has 2 fully saturated rings. The Hall–Kier alpha value is -1.39. The summed E-state index contributed by atoms with van der Waals surface area (Å²) in [6.07, 6.45) is 2.69. The molecule has 2 amide bonds. The Morgan fingerprint density at radius 1 is 1.21 bits per heavy atom. The van der Waals surface area contributed by atoms with Gasteiger partial charge >= 0.3 is 0 Å². The highest BCUT2D eigenvalue weighted by atomic mass is 35.5. The molecule has 1 unspecified atom stereocenters. The second-order valence-corrected chi connectivity index (χ2v) is 5.59. The molecule has 3 rings (SSSR count). The van der Waals surface area contributed by atoms with Crippen LogP contribution in [0.4, 0.5) is 5.69 Å². The minimum atomic E-state index is -0.372. The Bertz CT molecular complexity index is 511. The molecule has 5 heteroatoms. The van der Waals surface area contributed by atoms with Crippen molar-refractivity contribution in [3.05, 3.63) is 29.3 Å². The monoisotopic (exact) mass is 278 g/mol. The van der Waals surface area contributed by atoms with Crippen LogP contribution < -0.4 is 10.2 Å². The van der Waals surface area contributed by atoms with E-state index < -0.39 is 0 Å². The standard InChI is InChI=1S/C14H15ClN2O2/c15-10-3-5-11(6-4-10)17-13(18)7-12(14(17)19)16-8-9-1-2-9/h3-6,9,12,16H,1-2,7-8H2. The minimum Gasteiger partial charge on any atom is -0.305 e. The lowest BCUT2D eigenvalue weighted by Crippen LogP contribution is -2.39. The van der Waals surface area contributed by atoms with Gasteiger partial charge in [-0.05, 0) is 49.6 Å². The van der Waals surface area contributed by atoms with Crippen LogP contribution >= 0.6 is 11.6 Å². The van der Waals surface area contributed by atoms with E-state index in [4.69, 9.17) is 11.6 Å². The van der Waals surface area contributed by atoms with Gasteiger partial charge in [-0.15, -0.1) is 0 Å². The molecule has 1 atom stereocenters. The molecule has 19 heavy (non-hydrogen) atoms. The van der Waals surface area contributed by atoms with Crippen molar-refractivity contribution in [1.29, 1.82) is 0 Å². The quantitative estimate of drug-likeness (QED) is 0.857. The van der Waals surface area contributed by atoms with Gasteiger partial charge in [0.15, 0.2) is 0 Å². The summed E-state index contributed by atoms with van der Waals surface area (Å²) in [4.78, 5) is 25.5. The van der Waals surface area contributed by atoms with E-state index in [1.54, 1.807) is 24.3 Å². The number of hydrogen-bond donors (Lipinski definition) is 1. The molecule has 0 radical (unpaired) electrons. The van der Waals surface area contributed by atoms with E-state index in [2.05, 4.69) is 5.32 Å². The maximum atomic E-state index is 12.2. The number of carbonyl (C=O) groups excluding carboxylic acids is 2. The number of imide groups is 1. The van der Waals surface area contributed by atoms with Gasteiger partial charge in [-0.25, -0.2) is 4.90 Å². The minimum absolute atomic E-state index is 0.152. The summed E-state index contributed by atoms with van der Waals surface area (Å²) in [5.74, 6) is 0.376. The predicted molar refractivity (Wildman–Crippen MR) is 73.1 cm³/mol. The van der Waals surface area contributed by atoms with Gasteiger partial charge < -0.3 is 5.32 Å². The van der Waals surface area contributed by atoms with Gasteiger partial charge in [0.25, 0.3) is 5.91 Å². The zero-order valence-corrected chi connectivity index (χ0v) is 11.2. The van der Waals surface area contributed by atoms with Crippen molar-refractivity contribution in [2.24, 2.45) is 5.92 Å². The molecule has 0 spiro atoms. The van der Waals surface area contributed by atoms with Crippen LogP contribution in [-0.2, 0) is 9.59 Å². The first kappa shape index (κ1) is 12.6. The van der Waals surface area contributed by atoms with Gasteiger partial charge in [0.1, 0.15) is 0 Å². The Labute approximate surface area is 116 Å². The van der Waals surface area contributed by atoms with E-state index in [1.807, 2.05) is 0 Å². The van der Waals surface area contributed by atoms with Crippen LogP contribution in [0.25, 0.3) is 0 Å². The summed E-state index contributed by atoms with van der Waals surface area (Å²) in [5, 5.41) is 3.79. The Morgan fingerprint density at radius 2 is 1.89 bits per heavy atom. The first-order chi connectivity index (χ1) is 9.15. The smallest absolute Gasteiger partial charge is 0.251 e. The molecule has 1 saturated carbocycles. The molecule has 1 N–H and O–H groups in total. The first-order valence-corrected chi connectivity index (χ1v) is 6.88. The topological polar surface area (TPSA) is 49.4 Å². The lowest BCUT2D eigenvalue weighted by molar-refractivity contribution is -0.121. The van der Waals surface area contributed by atoms with Crippen LogP contribution in [0.15, 0.2) is 24.3 Å². The number of nitrogens with zero attached hydrogens (tertiary/aromatic N) is 1. The van der Waals surface area contributed by atoms with Gasteiger partial charge in [-0.3, -0.25) is 9.59 Å². The van der Waals surface area contributed by atoms with Crippen molar-refractivity contribution in [2.45, 2.75) is 25.3 Å². The third kappa shape index (κ3) is 2.65. The lowest BCUT2D eigenvalue weighted by atomic mass is 10.2. The second kappa shape index (κ2) is 4.94. The fourth-order valence-electron chi connectivity index (χ4n) is 2.28. The van der Waals surface area contributed by atoms with Crippen LogP contribution in [-0.4, -0.2) is 24.4 Å². The van der Waals surface area contributed by atoms with Gasteiger partial charge in [0.2, 0.25) is 5.91 Å². The van der Waals surface area contributed by atoms with Crippen molar-refractivity contribution in [2.75, 3.05) is 11.4 Å². The number of rotatable bonds is 4. The zero-order valence-electron chi connectivity index (χ0n) is 10.4. The fraction of sp³-hybridized carbons (Fsp3) is 0.429. The van der Waals surface area contributed by atoms with E-state index in [-0.39, 0.29) is 24.3 Å². The van der Waals surface area contributed by atoms with Crippen molar-refractivity contribution < 1.29 is 9.59 Å². The first-order valence-electron chi connectivity index (χ1n) is 6.51. The summed E-state index contributed by atoms with van der Waals surface area (Å²) in [7, 11) is 0. The molecule has 1 saturated heterocycles. The second-order valence-electron chi connectivity index (χ2n) is 5.15. The van der Waals surface area contributed by atoms with E-state index >= 15 is 0 Å². The van der Waals surface area contributed by atoms with Crippen molar-refractivity contribution in [3.63, 3.8) is 0 Å². The third-order valence-electron chi connectivity index (χ3n) is 3.58. The summed E-state index contributed by atoms with van der Waals surface area (Å²) >= 11 is 5.81. The Morgan fingerprint density at radius 3 is 2.53 bits per heavy atom. The number of carbonyl (C=O) groups is 2. The molecule has 1 aromatic rings. The number of nitrogens with one attached hydrogen (secondary N) is 1. The van der Waals surface area contributed by atoms with Crippen molar-refractivity contribution in [3.8, 4) is 0 Å². The number of hydrogen-bond acceptors (Lipinski definition) is 3. The van der Waals surface area contributed by atoms with Crippen molar-refractivity contribution >= 4 is 29.1 Å². The van der Waals surface area contributed by atoms with E-state index in [0.29, 0.717) is 16.6 Å². The highest BCUT2D eigenvalue weighted by molar-refractivity contribution is 6.30. The average Bonchev–Trinajstić information content (AvgIpc) is 3.16. The average molecular weight is 279 g/mol. The van der Waals surface area contributed by atoms with Crippen LogP contribution in [0.5, 0.6) is 0 Å². The molecule has 100 valence electrons. The summed E-state index contributed by atoms with van der Waals surface area (Å²) < 4.78 is 0. The molecule has 0 aromatic heterocycles. The highest BCUT2D eigenvalue weighted by Gasteiger charge is 2.39. The maximum absolute atomic E-state index is 12.2. The van der Waals surface area contributed by atoms with Gasteiger partial charge in [0.05, 0.1) is 18.2 Å². The molecule has 1 heterocycles. The lowest BCUT2D eigenvalue weighted by Gasteiger charge is -2.15. The summed E-state index contributed by atoms with van der Waals surface area (Å²) in [6, 6.07) is 6.39. The Kier molecular flexibility index (Phi) is 3.29. The molecule has 0 bridgehead atoms. The predicted octanol–water partition coefficient (Wildman–Crippen LogP) is 1.97. The summed E-state index contributed by atoms with van der Waals surface area (Å²) in [5.41, 5.74) is 0.593. The normalized spacial score (nSPS) is 23.2. The highest BCUT2D eigenvalue weighted by Crippen LogP contribution is 2.29. The molecule has 2 aliphatic rings. The summed E-state index contributed by atoms with van der Waals surface area (Å²) in [6.45, 7) is 0.831. The van der Waals surface area contributed by atoms with E-state index in [1.165, 1.54) is 17.7 Å². The molecule has 1 aliphatic carbocycles. The van der Waals surface area contributed by atoms with Crippen LogP contribution in [0, 0.1) is 5.92 Å². The molecule has 1 aromatic carbocycles. The third-order valence-corrected chi connectivity index (χ3v) is 3.83. The van der Waals surface area contributed by atoms with Crippen LogP contribution in [0.2, 0.25) is 5.02 Å².